The molecule has 1 aliphatic carbocycles. The number of carbonyl (C=O) groups is 2. The van der Waals surface area contributed by atoms with E-state index in [4.69, 9.17) is 37.9 Å². The Morgan fingerprint density at radius 1 is 0.842 bits per heavy atom. The molecule has 8 rings (SSSR count). The molecule has 0 radical (unpaired) electrons. The van der Waals surface area contributed by atoms with Gasteiger partial charge in [0.2, 0.25) is 12.5 Å². The molecule has 0 amide bonds. The molecule has 0 N–H and O–H groups in total. The van der Waals surface area contributed by atoms with Crippen molar-refractivity contribution >= 4 is 23.5 Å². The van der Waals surface area contributed by atoms with Crippen LogP contribution in [0.2, 0.25) is 0 Å². The molecule has 0 bridgehead atoms. The van der Waals surface area contributed by atoms with Gasteiger partial charge in [-0.15, -0.1) is 5.10 Å². The first-order chi connectivity index (χ1) is 27.7. The first kappa shape index (κ1) is 37.2. The third-order valence-corrected chi connectivity index (χ3v) is 10.7. The van der Waals surface area contributed by atoms with Crippen molar-refractivity contribution < 1.29 is 47.5 Å². The van der Waals surface area contributed by atoms with Gasteiger partial charge >= 0.3 is 5.97 Å². The lowest BCUT2D eigenvalue weighted by Crippen LogP contribution is -2.37. The van der Waals surface area contributed by atoms with Gasteiger partial charge in [-0.25, -0.2) is 4.68 Å². The van der Waals surface area contributed by atoms with Gasteiger partial charge in [0.1, 0.15) is 12.3 Å². The first-order valence-corrected chi connectivity index (χ1v) is 18.3. The Labute approximate surface area is 329 Å². The lowest BCUT2D eigenvalue weighted by molar-refractivity contribution is -0.141. The third kappa shape index (κ3) is 6.91. The van der Waals surface area contributed by atoms with Crippen LogP contribution in [-0.4, -0.2) is 82.7 Å². The highest BCUT2D eigenvalue weighted by molar-refractivity contribution is 6.07. The molecule has 14 nitrogen and oxygen atoms in total. The van der Waals surface area contributed by atoms with Crippen LogP contribution in [-0.2, 0) is 16.1 Å². The number of benzene rings is 4. The number of ketones is 1. The maximum absolute atomic E-state index is 13.7. The van der Waals surface area contributed by atoms with Crippen molar-refractivity contribution in [3.8, 4) is 40.2 Å². The summed E-state index contributed by atoms with van der Waals surface area (Å²) >= 11 is 0. The summed E-state index contributed by atoms with van der Waals surface area (Å²) in [4.78, 5) is 28.8. The van der Waals surface area contributed by atoms with Crippen LogP contribution in [0.3, 0.4) is 0 Å². The minimum atomic E-state index is -0.585. The minimum absolute atomic E-state index is 0.0603. The van der Waals surface area contributed by atoms with Crippen LogP contribution in [0.5, 0.6) is 40.2 Å². The van der Waals surface area contributed by atoms with E-state index in [0.29, 0.717) is 51.5 Å². The molecule has 4 aromatic carbocycles. The second kappa shape index (κ2) is 15.4. The van der Waals surface area contributed by atoms with Crippen LogP contribution in [0.1, 0.15) is 50.3 Å². The molecule has 3 aliphatic rings. The van der Waals surface area contributed by atoms with Crippen LogP contribution in [0.4, 0.5) is 5.69 Å². The largest absolute Gasteiger partial charge is 0.493 e. The van der Waals surface area contributed by atoms with E-state index in [1.165, 1.54) is 13.2 Å². The van der Waals surface area contributed by atoms with Crippen molar-refractivity contribution in [2.45, 2.75) is 18.6 Å². The molecule has 0 saturated carbocycles. The zero-order valence-corrected chi connectivity index (χ0v) is 32.4. The molecule has 2 aliphatic heterocycles. The van der Waals surface area contributed by atoms with E-state index in [-0.39, 0.29) is 37.7 Å². The Morgan fingerprint density at radius 2 is 1.54 bits per heavy atom. The van der Waals surface area contributed by atoms with E-state index in [9.17, 15) is 9.59 Å². The fraction of sp³-hybridized carbons (Fsp3) is 0.302. The van der Waals surface area contributed by atoms with Crippen LogP contribution >= 0.6 is 0 Å². The van der Waals surface area contributed by atoms with E-state index < -0.39 is 17.9 Å². The van der Waals surface area contributed by atoms with Gasteiger partial charge < -0.3 is 42.8 Å². The van der Waals surface area contributed by atoms with Gasteiger partial charge in [-0.3, -0.25) is 9.59 Å². The Hall–Kier alpha value is -6.70. The second-order valence-corrected chi connectivity index (χ2v) is 14.1. The standard InChI is InChI=1S/C43H42N4O10/c1-46(2)28-11-7-24(8-12-28)9-13-32(48)25-10-14-33(34(15-25)50-3)54-21-27-20-47(45-44-27)41-30-19-36-35(56-23-57-36)18-29(30)39(40-31(41)22-55-43(40)49)26-16-37(51-4)42(53-6)38(17-26)52-5/h7-20,31,39-41H,21-23H2,1-6H3/b13-9+/t31-,39+,40-,41+/m0/s1. The maximum atomic E-state index is 13.7. The SMILES string of the molecule is COc1cc(C(=O)/C=C/c2ccc(N(C)C)cc2)ccc1OCc1cn([C@@H]2c3cc4c(cc3[C@@H](c3cc(OC)c(OC)c(OC)c3)[C@H]3C(=O)OC[C@@H]32)OCO4)nn1. The number of cyclic esters (lactones) is 1. The number of esters is 1. The fourth-order valence-electron chi connectivity index (χ4n) is 7.91. The summed E-state index contributed by atoms with van der Waals surface area (Å²) in [5, 5.41) is 9.00. The summed E-state index contributed by atoms with van der Waals surface area (Å²) in [6, 6.07) is 20.1. The van der Waals surface area contributed by atoms with E-state index in [0.717, 1.165) is 27.9 Å². The van der Waals surface area contributed by atoms with Crippen molar-refractivity contribution in [1.82, 2.24) is 15.0 Å². The summed E-state index contributed by atoms with van der Waals surface area (Å²) < 4.78 is 47.9. The number of rotatable bonds is 13. The van der Waals surface area contributed by atoms with Gasteiger partial charge in [0.15, 0.2) is 40.3 Å². The predicted molar refractivity (Wildman–Crippen MR) is 208 cm³/mol. The predicted octanol–water partition coefficient (Wildman–Crippen LogP) is 6.11. The van der Waals surface area contributed by atoms with Crippen LogP contribution in [0.15, 0.2) is 79.0 Å². The summed E-state index contributed by atoms with van der Waals surface area (Å²) in [6.07, 6.45) is 5.12. The molecule has 57 heavy (non-hydrogen) atoms. The Balaban J connectivity index is 1.06. The normalized spacial score (nSPS) is 19.1. The van der Waals surface area contributed by atoms with Crippen molar-refractivity contribution in [2.75, 3.05) is 60.8 Å². The molecule has 294 valence electrons. The molecule has 4 atom stereocenters. The number of fused-ring (bicyclic) bond motifs is 3. The van der Waals surface area contributed by atoms with E-state index in [2.05, 4.69) is 10.3 Å². The maximum Gasteiger partial charge on any atom is 0.310 e. The number of methoxy groups -OCH3 is 4. The number of ether oxygens (including phenoxy) is 8. The molecule has 1 aromatic heterocycles. The quantitative estimate of drug-likeness (QED) is 0.0773. The number of anilines is 1. The van der Waals surface area contributed by atoms with Crippen molar-refractivity contribution in [3.63, 3.8) is 0 Å². The van der Waals surface area contributed by atoms with Crippen LogP contribution in [0.25, 0.3) is 6.08 Å². The third-order valence-electron chi connectivity index (χ3n) is 10.7. The van der Waals surface area contributed by atoms with E-state index >= 15 is 0 Å². The van der Waals surface area contributed by atoms with Gasteiger partial charge in [0, 0.05) is 37.2 Å². The highest BCUT2D eigenvalue weighted by Crippen LogP contribution is 2.56. The van der Waals surface area contributed by atoms with E-state index in [1.54, 1.807) is 56.5 Å². The van der Waals surface area contributed by atoms with Crippen LogP contribution < -0.4 is 38.1 Å². The lowest BCUT2D eigenvalue weighted by Gasteiger charge is -2.39. The van der Waals surface area contributed by atoms with Gasteiger partial charge in [-0.05, 0) is 82.9 Å². The minimum Gasteiger partial charge on any atom is -0.493 e. The zero-order valence-electron chi connectivity index (χ0n) is 32.4. The van der Waals surface area contributed by atoms with Crippen molar-refractivity contribution in [3.05, 3.63) is 113 Å². The summed E-state index contributed by atoms with van der Waals surface area (Å²) in [5.74, 6) is 1.55. The fourth-order valence-corrected chi connectivity index (χ4v) is 7.91. The average Bonchev–Trinajstić information content (AvgIpc) is 4.00. The molecule has 3 heterocycles. The number of allylic oxidation sites excluding steroid dienone is 1. The monoisotopic (exact) mass is 774 g/mol. The number of carbonyl (C=O) groups excluding carboxylic acids is 2. The molecular weight excluding hydrogens is 732 g/mol. The Morgan fingerprint density at radius 3 is 2.21 bits per heavy atom. The van der Waals surface area contributed by atoms with Gasteiger partial charge in [-0.1, -0.05) is 23.4 Å². The molecule has 5 aromatic rings. The zero-order chi connectivity index (χ0) is 39.8. The first-order valence-electron chi connectivity index (χ1n) is 18.3. The number of aromatic nitrogens is 3. The lowest BCUT2D eigenvalue weighted by atomic mass is 9.65. The van der Waals surface area contributed by atoms with E-state index in [1.807, 2.05) is 67.5 Å². The number of hydrogen-bond acceptors (Lipinski definition) is 13. The number of hydrogen-bond donors (Lipinski definition) is 0. The Kier molecular flexibility index (Phi) is 10.1. The summed E-state index contributed by atoms with van der Waals surface area (Å²) in [6.45, 7) is 0.318. The smallest absolute Gasteiger partial charge is 0.310 e. The molecule has 1 saturated heterocycles. The van der Waals surface area contributed by atoms with Crippen LogP contribution in [0, 0.1) is 11.8 Å². The molecule has 0 unspecified atom stereocenters. The molecule has 1 fully saturated rings. The van der Waals surface area contributed by atoms with Gasteiger partial charge in [0.05, 0.1) is 53.2 Å². The van der Waals surface area contributed by atoms with Crippen molar-refractivity contribution in [1.29, 1.82) is 0 Å². The average molecular weight is 775 g/mol. The molecular formula is C43H42N4O10. The molecule has 14 heteroatoms. The second-order valence-electron chi connectivity index (χ2n) is 14.1. The topological polar surface area (TPSA) is 142 Å². The highest BCUT2D eigenvalue weighted by Gasteiger charge is 2.53. The van der Waals surface area contributed by atoms with Gasteiger partial charge in [-0.2, -0.15) is 0 Å². The van der Waals surface area contributed by atoms with Gasteiger partial charge in [0.25, 0.3) is 0 Å². The van der Waals surface area contributed by atoms with Crippen molar-refractivity contribution in [2.24, 2.45) is 11.8 Å². The highest BCUT2D eigenvalue weighted by atomic mass is 16.7. The molecule has 0 spiro atoms. The number of nitrogens with zero attached hydrogens (tertiary/aromatic N) is 4. The summed E-state index contributed by atoms with van der Waals surface area (Å²) in [7, 11) is 10.1. The Bertz CT molecular complexity index is 2330. The summed E-state index contributed by atoms with van der Waals surface area (Å²) in [5.41, 5.74) is 5.51.